The summed E-state index contributed by atoms with van der Waals surface area (Å²) >= 11 is 0. The summed E-state index contributed by atoms with van der Waals surface area (Å²) in [5, 5.41) is 7.19. The summed E-state index contributed by atoms with van der Waals surface area (Å²) in [6.07, 6.45) is 8.82. The van der Waals surface area contributed by atoms with Crippen LogP contribution < -0.4 is 10.6 Å². The lowest BCUT2D eigenvalue weighted by Gasteiger charge is -2.21. The normalized spacial score (nSPS) is 26.0. The average Bonchev–Trinajstić information content (AvgIpc) is 2.76. The van der Waals surface area contributed by atoms with E-state index < -0.39 is 0 Å². The predicted molar refractivity (Wildman–Crippen MR) is 92.5 cm³/mol. The Labute approximate surface area is 137 Å². The monoisotopic (exact) mass is 306 g/mol. The predicted octanol–water partition coefficient (Wildman–Crippen LogP) is 3.08. The summed E-state index contributed by atoms with van der Waals surface area (Å²) in [7, 11) is 0. The van der Waals surface area contributed by atoms with Gasteiger partial charge in [0.05, 0.1) is 0 Å². The fourth-order valence-electron chi connectivity index (χ4n) is 3.96. The topological polar surface area (TPSA) is 41.1 Å². The number of nitrogens with one attached hydrogen (secondary N) is 2. The maximum absolute atomic E-state index is 11.7. The van der Waals surface area contributed by atoms with Gasteiger partial charge in [0.1, 0.15) is 0 Å². The van der Waals surface area contributed by atoms with Gasteiger partial charge < -0.3 is 10.6 Å². The Balaban J connectivity index is 1.78. The molecule has 2 heterocycles. The molecule has 2 unspecified atom stereocenters. The van der Waals surface area contributed by atoms with Gasteiger partial charge in [0.15, 0.2) is 5.78 Å². The number of hydrogen-bond acceptors (Lipinski definition) is 3. The van der Waals surface area contributed by atoms with E-state index in [2.05, 4.69) is 41.0 Å². The Morgan fingerprint density at radius 2 is 2.17 bits per heavy atom. The van der Waals surface area contributed by atoms with Gasteiger partial charge in [-0.25, -0.2) is 0 Å². The van der Waals surface area contributed by atoms with Crippen molar-refractivity contribution in [3.63, 3.8) is 0 Å². The van der Waals surface area contributed by atoms with Crippen molar-refractivity contribution < 1.29 is 4.79 Å². The zero-order valence-corrected chi connectivity index (χ0v) is 13.4. The highest BCUT2D eigenvalue weighted by Crippen LogP contribution is 2.42. The van der Waals surface area contributed by atoms with Crippen LogP contribution in [0.4, 0.5) is 0 Å². The molecule has 2 N–H and O–H groups in total. The summed E-state index contributed by atoms with van der Waals surface area (Å²) in [6, 6.07) is 8.55. The van der Waals surface area contributed by atoms with Crippen molar-refractivity contribution >= 4 is 5.78 Å². The van der Waals surface area contributed by atoms with Crippen molar-refractivity contribution in [2.24, 2.45) is 0 Å². The fraction of sp³-hybridized carbons (Fsp3) is 0.350. The minimum Gasteiger partial charge on any atom is -0.378 e. The zero-order valence-electron chi connectivity index (χ0n) is 13.4. The fourth-order valence-corrected chi connectivity index (χ4v) is 3.96. The van der Waals surface area contributed by atoms with Crippen LogP contribution in [0.2, 0.25) is 0 Å². The quantitative estimate of drug-likeness (QED) is 0.825. The highest BCUT2D eigenvalue weighted by Gasteiger charge is 2.34. The maximum Gasteiger partial charge on any atom is 0.159 e. The van der Waals surface area contributed by atoms with Gasteiger partial charge in [0, 0.05) is 23.2 Å². The Bertz CT molecular complexity index is 742. The third kappa shape index (κ3) is 2.55. The second-order valence-corrected chi connectivity index (χ2v) is 6.55. The van der Waals surface area contributed by atoms with Gasteiger partial charge in [0.25, 0.3) is 0 Å². The minimum atomic E-state index is 0.126. The lowest BCUT2D eigenvalue weighted by atomic mass is 9.82. The molecule has 1 aliphatic carbocycles. The van der Waals surface area contributed by atoms with Crippen LogP contribution in [0.25, 0.3) is 0 Å². The third-order valence-electron chi connectivity index (χ3n) is 5.10. The molecular formula is C20H22N2O. The maximum atomic E-state index is 11.7. The molecule has 0 radical (unpaired) electrons. The number of hydrogen-bond donors (Lipinski definition) is 2. The van der Waals surface area contributed by atoms with Crippen LogP contribution in [0.15, 0.2) is 59.3 Å². The lowest BCUT2D eigenvalue weighted by Crippen LogP contribution is -2.25. The van der Waals surface area contributed by atoms with Crippen LogP contribution in [0, 0.1) is 0 Å². The molecule has 2 aliphatic heterocycles. The van der Waals surface area contributed by atoms with E-state index in [9.17, 15) is 4.79 Å². The Hall–Kier alpha value is -2.13. The molecular weight excluding hydrogens is 284 g/mol. The van der Waals surface area contributed by atoms with Crippen LogP contribution in [-0.4, -0.2) is 24.9 Å². The summed E-state index contributed by atoms with van der Waals surface area (Å²) in [5.41, 5.74) is 6.25. The molecule has 0 bridgehead atoms. The molecule has 4 rings (SSSR count). The number of rotatable bonds is 2. The van der Waals surface area contributed by atoms with Crippen LogP contribution in [0.1, 0.15) is 41.6 Å². The van der Waals surface area contributed by atoms with Crippen molar-refractivity contribution in [2.75, 3.05) is 13.1 Å². The summed E-state index contributed by atoms with van der Waals surface area (Å²) in [4.78, 5) is 11.7. The molecule has 2 atom stereocenters. The molecule has 1 aromatic rings. The van der Waals surface area contributed by atoms with E-state index >= 15 is 0 Å². The lowest BCUT2D eigenvalue weighted by molar-refractivity contribution is 0.101. The van der Waals surface area contributed by atoms with Crippen LogP contribution in [-0.2, 0) is 0 Å². The Kier molecular flexibility index (Phi) is 3.66. The van der Waals surface area contributed by atoms with E-state index in [4.69, 9.17) is 0 Å². The first kappa shape index (κ1) is 14.5. The van der Waals surface area contributed by atoms with Gasteiger partial charge in [-0.05, 0) is 61.7 Å². The van der Waals surface area contributed by atoms with Crippen LogP contribution in [0.5, 0.6) is 0 Å². The van der Waals surface area contributed by atoms with E-state index in [1.807, 2.05) is 12.1 Å². The van der Waals surface area contributed by atoms with Crippen molar-refractivity contribution in [2.45, 2.75) is 31.7 Å². The van der Waals surface area contributed by atoms with Crippen molar-refractivity contribution in [1.82, 2.24) is 10.6 Å². The van der Waals surface area contributed by atoms with E-state index in [0.717, 1.165) is 31.5 Å². The van der Waals surface area contributed by atoms with Gasteiger partial charge in [-0.3, -0.25) is 4.79 Å². The summed E-state index contributed by atoms with van der Waals surface area (Å²) < 4.78 is 0. The van der Waals surface area contributed by atoms with Crippen molar-refractivity contribution in [1.29, 1.82) is 0 Å². The minimum absolute atomic E-state index is 0.126. The molecule has 1 saturated heterocycles. The second kappa shape index (κ2) is 5.82. The third-order valence-corrected chi connectivity index (χ3v) is 5.10. The van der Waals surface area contributed by atoms with Gasteiger partial charge in [0.2, 0.25) is 0 Å². The summed E-state index contributed by atoms with van der Waals surface area (Å²) in [6.45, 7) is 3.75. The standard InChI is InChI=1S/C20H22N2O/c1-13(23)14-4-2-5-15(12-14)16-6-3-7-19-20(16)17-8-10-21-11-9-18(17)22-19/h2-7,12,16,18,21-22H,8-11H2,1H3. The van der Waals surface area contributed by atoms with Crippen molar-refractivity contribution in [3.05, 3.63) is 70.5 Å². The number of fused-ring (bicyclic) bond motifs is 2. The second-order valence-electron chi connectivity index (χ2n) is 6.55. The molecule has 0 saturated carbocycles. The number of carbonyl (C=O) groups is 1. The number of benzene rings is 1. The van der Waals surface area contributed by atoms with E-state index in [0.29, 0.717) is 6.04 Å². The summed E-state index contributed by atoms with van der Waals surface area (Å²) in [5.74, 6) is 0.376. The molecule has 3 heteroatoms. The van der Waals surface area contributed by atoms with Crippen LogP contribution >= 0.6 is 0 Å². The molecule has 3 nitrogen and oxygen atoms in total. The van der Waals surface area contributed by atoms with Crippen LogP contribution in [0.3, 0.4) is 0 Å². The molecule has 0 aromatic heterocycles. The van der Waals surface area contributed by atoms with Gasteiger partial charge in [-0.15, -0.1) is 0 Å². The highest BCUT2D eigenvalue weighted by molar-refractivity contribution is 5.94. The number of ketones is 1. The number of allylic oxidation sites excluding steroid dienone is 4. The SMILES string of the molecule is CC(=O)c1cccc(C2C=CC=C3NC4CCNCCC4=C32)c1. The largest absolute Gasteiger partial charge is 0.378 e. The van der Waals surface area contributed by atoms with Gasteiger partial charge >= 0.3 is 0 Å². The molecule has 1 fully saturated rings. The molecule has 23 heavy (non-hydrogen) atoms. The van der Waals surface area contributed by atoms with E-state index in [-0.39, 0.29) is 11.7 Å². The van der Waals surface area contributed by atoms with Gasteiger partial charge in [-0.1, -0.05) is 30.4 Å². The van der Waals surface area contributed by atoms with E-state index in [1.54, 1.807) is 12.5 Å². The molecule has 3 aliphatic rings. The molecule has 1 aromatic carbocycles. The zero-order chi connectivity index (χ0) is 15.8. The van der Waals surface area contributed by atoms with Crippen molar-refractivity contribution in [3.8, 4) is 0 Å². The van der Waals surface area contributed by atoms with E-state index in [1.165, 1.54) is 16.8 Å². The first-order valence-electron chi connectivity index (χ1n) is 8.44. The number of carbonyl (C=O) groups excluding carboxylic acids is 1. The Morgan fingerprint density at radius 3 is 3.04 bits per heavy atom. The molecule has 118 valence electrons. The first-order chi connectivity index (χ1) is 11.2. The molecule has 0 amide bonds. The highest BCUT2D eigenvalue weighted by atomic mass is 16.1. The average molecular weight is 306 g/mol. The first-order valence-corrected chi connectivity index (χ1v) is 8.44. The van der Waals surface area contributed by atoms with Gasteiger partial charge in [-0.2, -0.15) is 0 Å². The number of Topliss-reactive ketones (excluding diaryl/α,β-unsaturated/α-hetero) is 1. The molecule has 0 spiro atoms. The smallest absolute Gasteiger partial charge is 0.159 e. The Morgan fingerprint density at radius 1 is 1.26 bits per heavy atom.